The lowest BCUT2D eigenvalue weighted by Gasteiger charge is -2.61. The summed E-state index contributed by atoms with van der Waals surface area (Å²) in [6.45, 7) is 5.91. The lowest BCUT2D eigenvalue weighted by Crippen LogP contribution is -2.57. The van der Waals surface area contributed by atoms with Gasteiger partial charge in [-0.3, -0.25) is 0 Å². The summed E-state index contributed by atoms with van der Waals surface area (Å²) in [6, 6.07) is 0. The predicted octanol–water partition coefficient (Wildman–Crippen LogP) is 4.36. The van der Waals surface area contributed by atoms with E-state index < -0.39 is 5.97 Å². The number of aliphatic hydroxyl groups excluding tert-OH is 1. The molecule has 5 rings (SSSR count). The van der Waals surface area contributed by atoms with Gasteiger partial charge in [-0.05, 0) is 104 Å². The van der Waals surface area contributed by atoms with E-state index in [0.29, 0.717) is 41.8 Å². The largest absolute Gasteiger partial charge is 0.478 e. The zero-order chi connectivity index (χ0) is 22.0. The molecule has 0 spiro atoms. The van der Waals surface area contributed by atoms with Gasteiger partial charge in [0.2, 0.25) is 0 Å². The molecule has 170 valence electrons. The van der Waals surface area contributed by atoms with Crippen molar-refractivity contribution in [3.63, 3.8) is 0 Å². The number of aliphatic hydroxyl groups is 1. The number of hydrogen-bond donors (Lipinski definition) is 2. The minimum atomic E-state index is -0.876. The molecule has 31 heavy (non-hydrogen) atoms. The fourth-order valence-electron chi connectivity index (χ4n) is 10.2. The maximum Gasteiger partial charge on any atom is 0.333 e. The van der Waals surface area contributed by atoms with Crippen LogP contribution in [0.15, 0.2) is 24.3 Å². The van der Waals surface area contributed by atoms with Crippen molar-refractivity contribution >= 4 is 11.9 Å². The minimum absolute atomic E-state index is 0.0257. The summed E-state index contributed by atoms with van der Waals surface area (Å²) < 4.78 is 5.65. The van der Waals surface area contributed by atoms with Crippen molar-refractivity contribution < 1.29 is 24.5 Å². The minimum Gasteiger partial charge on any atom is -0.478 e. The molecule has 0 aromatic rings. The summed E-state index contributed by atoms with van der Waals surface area (Å²) >= 11 is 0. The molecule has 0 amide bonds. The maximum atomic E-state index is 12.2. The topological polar surface area (TPSA) is 83.8 Å². The monoisotopic (exact) mass is 428 g/mol. The molecule has 5 heteroatoms. The molecule has 2 N–H and O–H groups in total. The van der Waals surface area contributed by atoms with Gasteiger partial charge in [-0.15, -0.1) is 0 Å². The molecule has 0 saturated heterocycles. The van der Waals surface area contributed by atoms with Crippen LogP contribution in [-0.2, 0) is 14.3 Å². The lowest BCUT2D eigenvalue weighted by molar-refractivity contribution is -0.152. The van der Waals surface area contributed by atoms with E-state index in [-0.39, 0.29) is 28.8 Å². The Balaban J connectivity index is 1.61. The van der Waals surface area contributed by atoms with Gasteiger partial charge in [0.05, 0.1) is 6.61 Å². The van der Waals surface area contributed by atoms with Gasteiger partial charge in [0, 0.05) is 18.3 Å². The van der Waals surface area contributed by atoms with E-state index in [1.54, 1.807) is 6.92 Å². The first-order chi connectivity index (χ1) is 14.8. The van der Waals surface area contributed by atoms with E-state index >= 15 is 0 Å². The van der Waals surface area contributed by atoms with E-state index in [2.05, 4.69) is 12.7 Å². The lowest BCUT2D eigenvalue weighted by atomic mass is 9.42. The highest BCUT2D eigenvalue weighted by Crippen LogP contribution is 2.88. The van der Waals surface area contributed by atoms with E-state index in [0.717, 1.165) is 32.1 Å². The standard InChI is InChI=1S/C26H36O5/c1-16(2)23(30)31-13-11-26-22(17-6-8-24(26,14-17)10-12-27)19-15-25(26,9-7-21(28)29)20-5-3-4-18(19)20/h7,9,17-20,22,27H,1,3-6,8,10-15H2,2H3,(H,28,29). The van der Waals surface area contributed by atoms with Gasteiger partial charge in [-0.1, -0.05) is 19.1 Å². The van der Waals surface area contributed by atoms with Gasteiger partial charge in [0.1, 0.15) is 0 Å². The Hall–Kier alpha value is -1.62. The number of fused-ring (bicyclic) bond motifs is 12. The van der Waals surface area contributed by atoms with Gasteiger partial charge in [0.15, 0.2) is 0 Å². The summed E-state index contributed by atoms with van der Waals surface area (Å²) in [5.41, 5.74) is 0.208. The van der Waals surface area contributed by atoms with Crippen molar-refractivity contribution in [2.75, 3.05) is 13.2 Å². The first-order valence-electron chi connectivity index (χ1n) is 12.2. The van der Waals surface area contributed by atoms with Gasteiger partial charge in [-0.25, -0.2) is 9.59 Å². The second kappa shape index (κ2) is 7.19. The van der Waals surface area contributed by atoms with E-state index in [4.69, 9.17) is 4.74 Å². The van der Waals surface area contributed by atoms with Gasteiger partial charge in [-0.2, -0.15) is 0 Å². The Morgan fingerprint density at radius 3 is 2.68 bits per heavy atom. The second-order valence-electron chi connectivity index (χ2n) is 11.2. The van der Waals surface area contributed by atoms with Crippen LogP contribution in [0.4, 0.5) is 0 Å². The second-order valence-corrected chi connectivity index (χ2v) is 11.2. The third-order valence-corrected chi connectivity index (χ3v) is 10.5. The molecule has 5 aliphatic rings. The van der Waals surface area contributed by atoms with Crippen molar-refractivity contribution in [2.45, 2.75) is 64.7 Å². The van der Waals surface area contributed by atoms with Gasteiger partial charge >= 0.3 is 11.9 Å². The molecular weight excluding hydrogens is 392 g/mol. The van der Waals surface area contributed by atoms with Crippen LogP contribution < -0.4 is 0 Å². The number of ether oxygens (including phenoxy) is 1. The summed E-state index contributed by atoms with van der Waals surface area (Å²) in [4.78, 5) is 23.8. The molecular formula is C26H36O5. The molecule has 8 unspecified atom stereocenters. The highest BCUT2D eigenvalue weighted by atomic mass is 16.5. The van der Waals surface area contributed by atoms with Crippen LogP contribution >= 0.6 is 0 Å². The van der Waals surface area contributed by atoms with Crippen LogP contribution in [-0.4, -0.2) is 35.4 Å². The molecule has 0 heterocycles. The van der Waals surface area contributed by atoms with Crippen molar-refractivity contribution in [1.82, 2.24) is 0 Å². The van der Waals surface area contributed by atoms with Gasteiger partial charge in [0.25, 0.3) is 0 Å². The summed E-state index contributed by atoms with van der Waals surface area (Å²) in [5.74, 6) is 1.89. The third kappa shape index (κ3) is 2.59. The highest BCUT2D eigenvalue weighted by Gasteiger charge is 2.82. The molecule has 5 aliphatic carbocycles. The van der Waals surface area contributed by atoms with Crippen molar-refractivity contribution in [3.8, 4) is 0 Å². The predicted molar refractivity (Wildman–Crippen MR) is 116 cm³/mol. The first-order valence-corrected chi connectivity index (χ1v) is 12.2. The zero-order valence-corrected chi connectivity index (χ0v) is 18.6. The number of carbonyl (C=O) groups is 2. The van der Waals surface area contributed by atoms with Crippen LogP contribution in [0.25, 0.3) is 0 Å². The zero-order valence-electron chi connectivity index (χ0n) is 18.6. The quantitative estimate of drug-likeness (QED) is 0.341. The number of carbonyl (C=O) groups excluding carboxylic acids is 1. The average Bonchev–Trinajstić information content (AvgIpc) is 3.49. The fourth-order valence-corrected chi connectivity index (χ4v) is 10.2. The first kappa shape index (κ1) is 21.2. The van der Waals surface area contributed by atoms with Crippen LogP contribution in [0.2, 0.25) is 0 Å². The normalized spacial score (nSPS) is 46.5. The SMILES string of the molecule is C=C(C)C(=O)OCCC12C(C3CCC1(CCO)C3)C1CC2(C=CC(=O)O)C2CCCC12. The van der Waals surface area contributed by atoms with Crippen molar-refractivity contribution in [3.05, 3.63) is 24.3 Å². The van der Waals surface area contributed by atoms with Gasteiger partial charge < -0.3 is 14.9 Å². The Bertz CT molecular complexity index is 832. The molecule has 5 nitrogen and oxygen atoms in total. The molecule has 5 saturated carbocycles. The number of esters is 1. The van der Waals surface area contributed by atoms with E-state index in [1.165, 1.54) is 31.8 Å². The van der Waals surface area contributed by atoms with Crippen LogP contribution in [0.1, 0.15) is 64.7 Å². The molecule has 4 bridgehead atoms. The Labute approximate surface area is 184 Å². The highest BCUT2D eigenvalue weighted by molar-refractivity contribution is 5.86. The third-order valence-electron chi connectivity index (χ3n) is 10.5. The van der Waals surface area contributed by atoms with Crippen LogP contribution in [0, 0.1) is 45.8 Å². The molecule has 0 aliphatic heterocycles. The molecule has 0 radical (unpaired) electrons. The number of carboxylic acids is 1. The maximum absolute atomic E-state index is 12.2. The van der Waals surface area contributed by atoms with Crippen molar-refractivity contribution in [1.29, 1.82) is 0 Å². The van der Waals surface area contributed by atoms with Crippen molar-refractivity contribution in [2.24, 2.45) is 45.8 Å². The number of hydrogen-bond acceptors (Lipinski definition) is 4. The summed E-state index contributed by atoms with van der Waals surface area (Å²) in [7, 11) is 0. The summed E-state index contributed by atoms with van der Waals surface area (Å²) in [6.07, 6.45) is 13.3. The van der Waals surface area contributed by atoms with E-state index in [1.807, 2.05) is 0 Å². The number of carboxylic acid groups (broad SMARTS) is 1. The van der Waals surface area contributed by atoms with E-state index in [9.17, 15) is 19.8 Å². The fraction of sp³-hybridized carbons (Fsp3) is 0.769. The molecule has 8 atom stereocenters. The average molecular weight is 429 g/mol. The Morgan fingerprint density at radius 1 is 1.16 bits per heavy atom. The Morgan fingerprint density at radius 2 is 1.97 bits per heavy atom. The smallest absolute Gasteiger partial charge is 0.333 e. The Kier molecular flexibility index (Phi) is 4.93. The number of rotatable bonds is 8. The molecule has 0 aromatic heterocycles. The van der Waals surface area contributed by atoms with Crippen LogP contribution in [0.3, 0.4) is 0 Å². The van der Waals surface area contributed by atoms with Crippen LogP contribution in [0.5, 0.6) is 0 Å². The summed E-state index contributed by atoms with van der Waals surface area (Å²) in [5, 5.41) is 19.7. The number of allylic oxidation sites excluding steroid dienone is 1. The molecule has 5 fully saturated rings. The number of aliphatic carboxylic acids is 1. The molecule has 0 aromatic carbocycles.